The first-order valence-electron chi connectivity index (χ1n) is 8.09. The molecule has 0 atom stereocenters. The summed E-state index contributed by atoms with van der Waals surface area (Å²) in [6.45, 7) is 0. The molecule has 0 N–H and O–H groups in total. The second-order valence-corrected chi connectivity index (χ2v) is 6.92. The van der Waals surface area contributed by atoms with Crippen LogP contribution >= 0.6 is 11.8 Å². The smallest absolute Gasteiger partial charge is 0.248 e. The highest BCUT2D eigenvalue weighted by atomic mass is 32.2. The number of alkyl halides is 3. The lowest BCUT2D eigenvalue weighted by Gasteiger charge is -2.15. The SMILES string of the molecule is FC(F)(F)c1cccc2nc3ccccc3c(SCc3ccccc3)c12. The average Bonchev–Trinajstić information content (AvgIpc) is 2.64. The first-order valence-corrected chi connectivity index (χ1v) is 9.08. The van der Waals surface area contributed by atoms with E-state index in [-0.39, 0.29) is 5.39 Å². The highest BCUT2D eigenvalue weighted by Crippen LogP contribution is 2.42. The monoisotopic (exact) mass is 369 g/mol. The molecule has 0 saturated carbocycles. The van der Waals surface area contributed by atoms with Crippen molar-refractivity contribution in [3.63, 3.8) is 0 Å². The second-order valence-electron chi connectivity index (χ2n) is 5.93. The lowest BCUT2D eigenvalue weighted by molar-refractivity contribution is -0.136. The summed E-state index contributed by atoms with van der Waals surface area (Å²) in [6.07, 6.45) is -4.42. The molecular weight excluding hydrogens is 355 g/mol. The third kappa shape index (κ3) is 3.15. The van der Waals surface area contributed by atoms with Gasteiger partial charge in [-0.2, -0.15) is 13.2 Å². The number of hydrogen-bond donors (Lipinski definition) is 0. The minimum absolute atomic E-state index is 0.180. The van der Waals surface area contributed by atoms with Gasteiger partial charge < -0.3 is 0 Å². The minimum Gasteiger partial charge on any atom is -0.248 e. The van der Waals surface area contributed by atoms with E-state index in [2.05, 4.69) is 4.98 Å². The quantitative estimate of drug-likeness (QED) is 0.294. The fourth-order valence-corrected chi connectivity index (χ4v) is 4.21. The van der Waals surface area contributed by atoms with Crippen LogP contribution in [-0.2, 0) is 11.9 Å². The summed E-state index contributed by atoms with van der Waals surface area (Å²) < 4.78 is 40.9. The van der Waals surface area contributed by atoms with Gasteiger partial charge in [0.15, 0.2) is 0 Å². The molecular formula is C21H14F3NS. The van der Waals surface area contributed by atoms with Crippen molar-refractivity contribution >= 4 is 33.6 Å². The lowest BCUT2D eigenvalue weighted by atomic mass is 10.1. The zero-order valence-electron chi connectivity index (χ0n) is 13.6. The van der Waals surface area contributed by atoms with Gasteiger partial charge in [-0.15, -0.1) is 11.8 Å². The molecule has 3 aromatic carbocycles. The van der Waals surface area contributed by atoms with Crippen LogP contribution in [0.15, 0.2) is 77.7 Å². The van der Waals surface area contributed by atoms with Crippen molar-refractivity contribution in [3.8, 4) is 0 Å². The van der Waals surface area contributed by atoms with E-state index < -0.39 is 11.7 Å². The van der Waals surface area contributed by atoms with Crippen LogP contribution in [0.25, 0.3) is 21.8 Å². The molecule has 0 aliphatic carbocycles. The fourth-order valence-electron chi connectivity index (χ4n) is 3.02. The molecule has 1 aromatic heterocycles. The maximum Gasteiger partial charge on any atom is 0.417 e. The maximum absolute atomic E-state index is 13.6. The van der Waals surface area contributed by atoms with Crippen LogP contribution in [0.5, 0.6) is 0 Å². The highest BCUT2D eigenvalue weighted by molar-refractivity contribution is 7.99. The second kappa shape index (κ2) is 6.65. The Bertz CT molecular complexity index is 1070. The molecule has 0 saturated heterocycles. The van der Waals surface area contributed by atoms with Gasteiger partial charge in [-0.3, -0.25) is 0 Å². The molecule has 0 aliphatic heterocycles. The summed E-state index contributed by atoms with van der Waals surface area (Å²) >= 11 is 1.42. The molecule has 0 amide bonds. The van der Waals surface area contributed by atoms with Gasteiger partial charge in [0.2, 0.25) is 0 Å². The number of halogens is 3. The Morgan fingerprint density at radius 1 is 0.769 bits per heavy atom. The number of aromatic nitrogens is 1. The number of thioether (sulfide) groups is 1. The van der Waals surface area contributed by atoms with Crippen LogP contribution in [0.4, 0.5) is 13.2 Å². The number of fused-ring (bicyclic) bond motifs is 2. The number of pyridine rings is 1. The van der Waals surface area contributed by atoms with E-state index in [1.807, 2.05) is 54.6 Å². The van der Waals surface area contributed by atoms with E-state index in [0.29, 0.717) is 21.7 Å². The van der Waals surface area contributed by atoms with Crippen molar-refractivity contribution in [2.45, 2.75) is 16.8 Å². The Morgan fingerprint density at radius 3 is 2.23 bits per heavy atom. The Labute approximate surface area is 152 Å². The van der Waals surface area contributed by atoms with Gasteiger partial charge >= 0.3 is 6.18 Å². The van der Waals surface area contributed by atoms with Crippen molar-refractivity contribution in [1.29, 1.82) is 0 Å². The molecule has 26 heavy (non-hydrogen) atoms. The van der Waals surface area contributed by atoms with Crippen LogP contribution in [-0.4, -0.2) is 4.98 Å². The molecule has 1 nitrogen and oxygen atoms in total. The van der Waals surface area contributed by atoms with Crippen molar-refractivity contribution in [1.82, 2.24) is 4.98 Å². The van der Waals surface area contributed by atoms with Gasteiger partial charge in [-0.25, -0.2) is 4.98 Å². The van der Waals surface area contributed by atoms with Gasteiger partial charge in [0.25, 0.3) is 0 Å². The molecule has 0 fully saturated rings. The number of nitrogens with zero attached hydrogens (tertiary/aromatic N) is 1. The zero-order chi connectivity index (χ0) is 18.1. The normalized spacial score (nSPS) is 12.0. The minimum atomic E-state index is -4.42. The van der Waals surface area contributed by atoms with Gasteiger partial charge in [-0.1, -0.05) is 54.6 Å². The maximum atomic E-state index is 13.6. The third-order valence-corrected chi connectivity index (χ3v) is 5.38. The summed E-state index contributed by atoms with van der Waals surface area (Å²) in [5.74, 6) is 0.593. The summed E-state index contributed by atoms with van der Waals surface area (Å²) in [6, 6.07) is 21.3. The van der Waals surface area contributed by atoms with Gasteiger partial charge in [0, 0.05) is 21.4 Å². The topological polar surface area (TPSA) is 12.9 Å². The summed E-state index contributed by atoms with van der Waals surface area (Å²) in [7, 11) is 0. The third-order valence-electron chi connectivity index (χ3n) is 4.19. The molecule has 5 heteroatoms. The van der Waals surface area contributed by atoms with E-state index in [9.17, 15) is 13.2 Å². The lowest BCUT2D eigenvalue weighted by Crippen LogP contribution is -2.07. The molecule has 4 rings (SSSR count). The van der Waals surface area contributed by atoms with Gasteiger partial charge in [-0.05, 0) is 23.8 Å². The average molecular weight is 369 g/mol. The first-order chi connectivity index (χ1) is 12.5. The molecule has 0 aliphatic rings. The molecule has 130 valence electrons. The Morgan fingerprint density at radius 2 is 1.46 bits per heavy atom. The standard InChI is InChI=1S/C21H14F3NS/c22-21(23,24)16-10-6-12-18-19(16)20(15-9-4-5-11-17(15)25-18)26-13-14-7-2-1-3-8-14/h1-12H,13H2. The predicted molar refractivity (Wildman–Crippen MR) is 100 cm³/mol. The molecule has 0 radical (unpaired) electrons. The van der Waals surface area contributed by atoms with E-state index in [4.69, 9.17) is 0 Å². The number of hydrogen-bond acceptors (Lipinski definition) is 2. The van der Waals surface area contributed by atoms with E-state index in [0.717, 1.165) is 17.0 Å². The summed E-state index contributed by atoms with van der Waals surface area (Å²) in [5, 5.41) is 0.928. The van der Waals surface area contributed by atoms with Crippen molar-refractivity contribution < 1.29 is 13.2 Å². The van der Waals surface area contributed by atoms with Crippen LogP contribution in [0.1, 0.15) is 11.1 Å². The predicted octanol–water partition coefficient (Wildman–Crippen LogP) is 6.70. The van der Waals surface area contributed by atoms with Gasteiger partial charge in [0.05, 0.1) is 16.6 Å². The summed E-state index contributed by atoms with van der Waals surface area (Å²) in [4.78, 5) is 5.08. The Balaban J connectivity index is 1.96. The van der Waals surface area contributed by atoms with Crippen LogP contribution < -0.4 is 0 Å². The molecule has 1 heterocycles. The molecule has 4 aromatic rings. The zero-order valence-corrected chi connectivity index (χ0v) is 14.4. The number of para-hydroxylation sites is 1. The van der Waals surface area contributed by atoms with Crippen LogP contribution in [0, 0.1) is 0 Å². The molecule has 0 spiro atoms. The van der Waals surface area contributed by atoms with E-state index in [1.54, 1.807) is 6.07 Å². The number of rotatable bonds is 3. The Hall–Kier alpha value is -2.53. The largest absolute Gasteiger partial charge is 0.417 e. The molecule has 0 unspecified atom stereocenters. The van der Waals surface area contributed by atoms with E-state index in [1.165, 1.54) is 17.8 Å². The number of benzene rings is 3. The van der Waals surface area contributed by atoms with Gasteiger partial charge in [0.1, 0.15) is 0 Å². The molecule has 0 bridgehead atoms. The summed E-state index contributed by atoms with van der Waals surface area (Å²) in [5.41, 5.74) is 1.50. The van der Waals surface area contributed by atoms with Crippen LogP contribution in [0.2, 0.25) is 0 Å². The first kappa shape index (κ1) is 16.9. The Kier molecular flexibility index (Phi) is 4.32. The van der Waals surface area contributed by atoms with Crippen LogP contribution in [0.3, 0.4) is 0 Å². The van der Waals surface area contributed by atoms with Crippen molar-refractivity contribution in [2.75, 3.05) is 0 Å². The van der Waals surface area contributed by atoms with Crippen molar-refractivity contribution in [3.05, 3.63) is 83.9 Å². The van der Waals surface area contributed by atoms with Crippen molar-refractivity contribution in [2.24, 2.45) is 0 Å². The fraction of sp³-hybridized carbons (Fsp3) is 0.0952. The van der Waals surface area contributed by atoms with E-state index >= 15 is 0 Å². The highest BCUT2D eigenvalue weighted by Gasteiger charge is 2.34.